The molecule has 6 rings (SSSR count). The standard InChI is InChI=1S/C30H26FN5OS/c1-20-26-19-35(30(37)32-23-14-12-22(31)13-15-23)28(21-10-16-25(38-2)17-11-21)27-9-6-18-34(27)29(26)36(33-20)24-7-4-3-5-8-24/h3-18,28H,19H2,1-2H3,(H,32,37)/t28-/m0/s1. The van der Waals surface area contributed by atoms with Crippen molar-refractivity contribution in [1.29, 1.82) is 0 Å². The van der Waals surface area contributed by atoms with Crippen molar-refractivity contribution in [3.05, 3.63) is 126 Å². The molecular formula is C30H26FN5OS. The van der Waals surface area contributed by atoms with Crippen molar-refractivity contribution in [1.82, 2.24) is 19.2 Å². The van der Waals surface area contributed by atoms with E-state index < -0.39 is 0 Å². The van der Waals surface area contributed by atoms with Crippen molar-refractivity contribution < 1.29 is 9.18 Å². The summed E-state index contributed by atoms with van der Waals surface area (Å²) >= 11 is 1.68. The third-order valence-electron chi connectivity index (χ3n) is 6.87. The Morgan fingerprint density at radius 1 is 0.974 bits per heavy atom. The fourth-order valence-electron chi connectivity index (χ4n) is 5.01. The topological polar surface area (TPSA) is 55.1 Å². The smallest absolute Gasteiger partial charge is 0.308 e. The van der Waals surface area contributed by atoms with Crippen molar-refractivity contribution in [2.75, 3.05) is 11.6 Å². The summed E-state index contributed by atoms with van der Waals surface area (Å²) in [5, 5.41) is 7.86. The highest BCUT2D eigenvalue weighted by Crippen LogP contribution is 2.39. The molecular weight excluding hydrogens is 497 g/mol. The number of aromatic nitrogens is 3. The van der Waals surface area contributed by atoms with Gasteiger partial charge in [-0.25, -0.2) is 13.9 Å². The Kier molecular flexibility index (Phi) is 6.25. The quantitative estimate of drug-likeness (QED) is 0.259. The third-order valence-corrected chi connectivity index (χ3v) is 7.62. The number of para-hydroxylation sites is 1. The molecule has 6 nitrogen and oxygen atoms in total. The fourth-order valence-corrected chi connectivity index (χ4v) is 5.42. The molecule has 38 heavy (non-hydrogen) atoms. The van der Waals surface area contributed by atoms with Crippen molar-refractivity contribution in [3.63, 3.8) is 0 Å². The summed E-state index contributed by atoms with van der Waals surface area (Å²) in [6.07, 6.45) is 4.07. The Balaban J connectivity index is 1.52. The number of urea groups is 1. The van der Waals surface area contributed by atoms with E-state index in [1.165, 1.54) is 12.1 Å². The molecule has 0 saturated heterocycles. The Hall–Kier alpha value is -4.30. The van der Waals surface area contributed by atoms with Gasteiger partial charge in [0.1, 0.15) is 11.6 Å². The Bertz CT molecular complexity index is 1590. The van der Waals surface area contributed by atoms with E-state index in [1.54, 1.807) is 23.9 Å². The number of anilines is 1. The predicted octanol–water partition coefficient (Wildman–Crippen LogP) is 6.97. The number of carbonyl (C=O) groups is 1. The number of fused-ring (bicyclic) bond motifs is 3. The zero-order valence-electron chi connectivity index (χ0n) is 21.0. The third kappa shape index (κ3) is 4.26. The molecule has 0 aliphatic carbocycles. The number of carbonyl (C=O) groups excluding carboxylic acids is 1. The second kappa shape index (κ2) is 9.87. The summed E-state index contributed by atoms with van der Waals surface area (Å²) in [5.41, 5.74) is 5.24. The van der Waals surface area contributed by atoms with Gasteiger partial charge in [0.15, 0.2) is 0 Å². The maximum absolute atomic E-state index is 13.9. The van der Waals surface area contributed by atoms with Gasteiger partial charge in [0.2, 0.25) is 0 Å². The molecule has 8 heteroatoms. The second-order valence-electron chi connectivity index (χ2n) is 9.18. The molecule has 0 radical (unpaired) electrons. The van der Waals surface area contributed by atoms with Crippen LogP contribution in [0.4, 0.5) is 14.9 Å². The number of nitrogens with one attached hydrogen (secondary N) is 1. The number of nitrogens with zero attached hydrogens (tertiary/aromatic N) is 4. The lowest BCUT2D eigenvalue weighted by molar-refractivity contribution is 0.194. The van der Waals surface area contributed by atoms with Gasteiger partial charge in [0.25, 0.3) is 0 Å². The van der Waals surface area contributed by atoms with E-state index in [1.807, 2.05) is 65.4 Å². The molecule has 1 aliphatic rings. The lowest BCUT2D eigenvalue weighted by atomic mass is 10.0. The highest BCUT2D eigenvalue weighted by Gasteiger charge is 2.36. The van der Waals surface area contributed by atoms with Crippen molar-refractivity contribution in [3.8, 4) is 11.5 Å². The summed E-state index contributed by atoms with van der Waals surface area (Å²) < 4.78 is 17.6. The van der Waals surface area contributed by atoms with Gasteiger partial charge in [-0.1, -0.05) is 30.3 Å². The number of thioether (sulfide) groups is 1. The second-order valence-corrected chi connectivity index (χ2v) is 10.1. The normalized spacial score (nSPS) is 14.5. The Morgan fingerprint density at radius 2 is 1.71 bits per heavy atom. The van der Waals surface area contributed by atoms with Crippen LogP contribution in [0.2, 0.25) is 0 Å². The van der Waals surface area contributed by atoms with E-state index in [2.05, 4.69) is 40.2 Å². The van der Waals surface area contributed by atoms with Crippen molar-refractivity contribution in [2.45, 2.75) is 24.4 Å². The van der Waals surface area contributed by atoms with Crippen LogP contribution in [0.15, 0.2) is 102 Å². The van der Waals surface area contributed by atoms with E-state index in [0.717, 1.165) is 38.9 Å². The summed E-state index contributed by atoms with van der Waals surface area (Å²) in [6, 6.07) is 27.6. The van der Waals surface area contributed by atoms with E-state index in [9.17, 15) is 9.18 Å². The van der Waals surface area contributed by atoms with E-state index >= 15 is 0 Å². The molecule has 3 aromatic carbocycles. The minimum Gasteiger partial charge on any atom is -0.308 e. The van der Waals surface area contributed by atoms with Crippen molar-refractivity contribution >= 4 is 23.5 Å². The number of benzene rings is 3. The zero-order valence-corrected chi connectivity index (χ0v) is 21.8. The minimum absolute atomic E-state index is 0.275. The largest absolute Gasteiger partial charge is 0.322 e. The average molecular weight is 524 g/mol. The maximum atomic E-state index is 13.9. The molecule has 1 aliphatic heterocycles. The van der Waals surface area contributed by atoms with Crippen LogP contribution in [0, 0.1) is 12.7 Å². The number of hydrogen-bond acceptors (Lipinski definition) is 3. The molecule has 1 atom stereocenters. The highest BCUT2D eigenvalue weighted by atomic mass is 32.2. The van der Waals surface area contributed by atoms with Crippen LogP contribution in [0.5, 0.6) is 0 Å². The summed E-state index contributed by atoms with van der Waals surface area (Å²) in [5.74, 6) is 0.562. The zero-order chi connectivity index (χ0) is 26.2. The van der Waals surface area contributed by atoms with Crippen LogP contribution < -0.4 is 5.32 Å². The molecule has 190 valence electrons. The van der Waals surface area contributed by atoms with Gasteiger partial charge in [0.05, 0.1) is 29.7 Å². The number of hydrogen-bond donors (Lipinski definition) is 1. The van der Waals surface area contributed by atoms with Crippen LogP contribution in [0.1, 0.15) is 28.6 Å². The highest BCUT2D eigenvalue weighted by molar-refractivity contribution is 7.98. The average Bonchev–Trinajstić information content (AvgIpc) is 3.51. The van der Waals surface area contributed by atoms with Crippen LogP contribution in [0.25, 0.3) is 11.5 Å². The van der Waals surface area contributed by atoms with E-state index in [4.69, 9.17) is 5.10 Å². The predicted molar refractivity (Wildman–Crippen MR) is 149 cm³/mol. The first-order valence-corrected chi connectivity index (χ1v) is 13.5. The monoisotopic (exact) mass is 523 g/mol. The first kappa shape index (κ1) is 24.1. The van der Waals surface area contributed by atoms with E-state index in [0.29, 0.717) is 12.2 Å². The summed E-state index contributed by atoms with van der Waals surface area (Å²) in [7, 11) is 0. The number of rotatable bonds is 4. The van der Waals surface area contributed by atoms with Gasteiger partial charge >= 0.3 is 6.03 Å². The molecule has 3 heterocycles. The summed E-state index contributed by atoms with van der Waals surface area (Å²) in [6.45, 7) is 2.32. The lowest BCUT2D eigenvalue weighted by Crippen LogP contribution is -2.38. The van der Waals surface area contributed by atoms with Crippen molar-refractivity contribution in [2.24, 2.45) is 0 Å². The fraction of sp³-hybridized carbons (Fsp3) is 0.133. The maximum Gasteiger partial charge on any atom is 0.322 e. The first-order valence-electron chi connectivity index (χ1n) is 12.3. The van der Waals surface area contributed by atoms with Gasteiger partial charge in [-0.05, 0) is 79.4 Å². The van der Waals surface area contributed by atoms with Crippen LogP contribution in [-0.2, 0) is 6.54 Å². The van der Waals surface area contributed by atoms with E-state index in [-0.39, 0.29) is 17.9 Å². The van der Waals surface area contributed by atoms with Crippen LogP contribution in [-0.4, -0.2) is 31.5 Å². The molecule has 1 N–H and O–H groups in total. The minimum atomic E-state index is -0.364. The van der Waals surface area contributed by atoms with Gasteiger partial charge in [-0.2, -0.15) is 5.10 Å². The Morgan fingerprint density at radius 3 is 2.42 bits per heavy atom. The van der Waals surface area contributed by atoms with Gasteiger partial charge in [0, 0.05) is 22.3 Å². The number of halogens is 1. The molecule has 0 saturated carbocycles. The molecule has 5 aromatic rings. The first-order chi connectivity index (χ1) is 18.5. The molecule has 0 unspecified atom stereocenters. The molecule has 0 spiro atoms. The summed E-state index contributed by atoms with van der Waals surface area (Å²) in [4.78, 5) is 16.9. The number of aryl methyl sites for hydroxylation is 1. The van der Waals surface area contributed by atoms with Gasteiger partial charge in [-0.15, -0.1) is 11.8 Å². The molecule has 2 aromatic heterocycles. The van der Waals surface area contributed by atoms with Crippen LogP contribution in [0.3, 0.4) is 0 Å². The van der Waals surface area contributed by atoms with Gasteiger partial charge < -0.3 is 14.8 Å². The lowest BCUT2D eigenvalue weighted by Gasteiger charge is -2.31. The van der Waals surface area contributed by atoms with Gasteiger partial charge in [-0.3, -0.25) is 0 Å². The van der Waals surface area contributed by atoms with Crippen LogP contribution >= 0.6 is 11.8 Å². The SMILES string of the molecule is CSc1ccc([C@H]2c3cccn3-c3c(c(C)nn3-c3ccccc3)CN2C(=O)Nc2ccc(F)cc2)cc1. The molecule has 0 fully saturated rings. The Labute approximate surface area is 224 Å². The number of amides is 2. The molecule has 0 bridgehead atoms. The molecule has 2 amide bonds.